The second-order valence-electron chi connectivity index (χ2n) is 7.48. The maximum atomic E-state index is 13.2. The third-order valence-corrected chi connectivity index (χ3v) is 6.85. The SMILES string of the molecule is O=C(c1nsc2cc(N3CCCC3)ccc12)N1CCN2CCC1CC2. The molecule has 132 valence electrons. The summed E-state index contributed by atoms with van der Waals surface area (Å²) in [6, 6.07) is 6.89. The number of hydrogen-bond acceptors (Lipinski definition) is 5. The monoisotopic (exact) mass is 356 g/mol. The molecular formula is C19H24N4OS. The maximum absolute atomic E-state index is 13.2. The van der Waals surface area contributed by atoms with Crippen LogP contribution in [0.2, 0.25) is 0 Å². The van der Waals surface area contributed by atoms with E-state index in [4.69, 9.17) is 0 Å². The van der Waals surface area contributed by atoms with Crippen LogP contribution in [0.4, 0.5) is 5.69 Å². The van der Waals surface area contributed by atoms with Gasteiger partial charge in [0.1, 0.15) is 5.69 Å². The Labute approximate surface area is 152 Å². The molecule has 0 radical (unpaired) electrons. The number of carbonyl (C=O) groups is 1. The molecule has 4 fully saturated rings. The van der Waals surface area contributed by atoms with E-state index in [1.165, 1.54) is 30.1 Å². The highest BCUT2D eigenvalue weighted by atomic mass is 32.1. The van der Waals surface area contributed by atoms with E-state index in [0.29, 0.717) is 11.7 Å². The average molecular weight is 356 g/mol. The molecule has 6 heteroatoms. The van der Waals surface area contributed by atoms with Gasteiger partial charge in [-0.25, -0.2) is 0 Å². The van der Waals surface area contributed by atoms with Crippen LogP contribution >= 0.6 is 11.5 Å². The summed E-state index contributed by atoms with van der Waals surface area (Å²) in [6.45, 7) is 6.39. The van der Waals surface area contributed by atoms with Gasteiger partial charge in [-0.05, 0) is 55.4 Å². The molecular weight excluding hydrogens is 332 g/mol. The first-order valence-electron chi connectivity index (χ1n) is 9.47. The Balaban J connectivity index is 1.45. The summed E-state index contributed by atoms with van der Waals surface area (Å²) in [5.74, 6) is 0.133. The van der Waals surface area contributed by atoms with Gasteiger partial charge in [-0.15, -0.1) is 0 Å². The van der Waals surface area contributed by atoms with E-state index in [2.05, 4.69) is 37.3 Å². The first-order chi connectivity index (χ1) is 12.3. The van der Waals surface area contributed by atoms with Gasteiger partial charge in [-0.2, -0.15) is 4.37 Å². The van der Waals surface area contributed by atoms with Crippen LogP contribution in [0.1, 0.15) is 36.2 Å². The Morgan fingerprint density at radius 2 is 1.84 bits per heavy atom. The minimum Gasteiger partial charge on any atom is -0.371 e. The van der Waals surface area contributed by atoms with Crippen molar-refractivity contribution in [3.63, 3.8) is 0 Å². The van der Waals surface area contributed by atoms with Crippen LogP contribution in [0.3, 0.4) is 0 Å². The predicted octanol–water partition coefficient (Wildman–Crippen LogP) is 2.82. The number of benzene rings is 1. The van der Waals surface area contributed by atoms with E-state index >= 15 is 0 Å². The van der Waals surface area contributed by atoms with Crippen molar-refractivity contribution in [2.24, 2.45) is 0 Å². The summed E-state index contributed by atoms with van der Waals surface area (Å²) >= 11 is 1.47. The van der Waals surface area contributed by atoms with Crippen molar-refractivity contribution in [2.45, 2.75) is 31.7 Å². The fourth-order valence-corrected chi connectivity index (χ4v) is 5.34. The quantitative estimate of drug-likeness (QED) is 0.830. The van der Waals surface area contributed by atoms with Gasteiger partial charge in [0.15, 0.2) is 0 Å². The molecule has 0 N–H and O–H groups in total. The number of piperidine rings is 1. The van der Waals surface area contributed by atoms with E-state index in [-0.39, 0.29) is 5.91 Å². The lowest BCUT2D eigenvalue weighted by Crippen LogP contribution is -2.41. The second-order valence-corrected chi connectivity index (χ2v) is 8.28. The van der Waals surface area contributed by atoms with Gasteiger partial charge in [-0.3, -0.25) is 4.79 Å². The molecule has 2 aromatic rings. The molecule has 4 aliphatic heterocycles. The molecule has 5 heterocycles. The van der Waals surface area contributed by atoms with Crippen LogP contribution in [-0.4, -0.2) is 65.4 Å². The van der Waals surface area contributed by atoms with Crippen LogP contribution in [0.5, 0.6) is 0 Å². The van der Waals surface area contributed by atoms with Gasteiger partial charge >= 0.3 is 0 Å². The van der Waals surface area contributed by atoms with Gasteiger partial charge in [0.2, 0.25) is 0 Å². The highest BCUT2D eigenvalue weighted by Gasteiger charge is 2.33. The van der Waals surface area contributed by atoms with Gasteiger partial charge in [-0.1, -0.05) is 0 Å². The third-order valence-electron chi connectivity index (χ3n) is 6.05. The molecule has 0 unspecified atom stereocenters. The number of aromatic nitrogens is 1. The normalized spacial score (nSPS) is 26.4. The van der Waals surface area contributed by atoms with Crippen LogP contribution < -0.4 is 4.90 Å². The molecule has 6 rings (SSSR count). The van der Waals surface area contributed by atoms with E-state index < -0.39 is 0 Å². The van der Waals surface area contributed by atoms with Gasteiger partial charge in [0, 0.05) is 56.4 Å². The van der Waals surface area contributed by atoms with Crippen LogP contribution in [0.15, 0.2) is 18.2 Å². The standard InChI is InChI=1S/C19H24N4OS/c24-19(23-12-11-21-9-5-14(23)6-10-21)18-16-4-3-15(13-17(16)25-20-18)22-7-1-2-8-22/h3-4,13-14H,1-2,5-12H2. The van der Waals surface area contributed by atoms with Gasteiger partial charge in [0.05, 0.1) is 4.70 Å². The average Bonchev–Trinajstić information content (AvgIpc) is 3.23. The lowest BCUT2D eigenvalue weighted by atomic mass is 10.0. The van der Waals surface area contributed by atoms with Crippen molar-refractivity contribution >= 4 is 33.2 Å². The molecule has 0 atom stereocenters. The van der Waals surface area contributed by atoms with E-state index in [1.54, 1.807) is 0 Å². The summed E-state index contributed by atoms with van der Waals surface area (Å²) in [7, 11) is 0. The second kappa shape index (κ2) is 6.25. The molecule has 1 aromatic carbocycles. The number of nitrogens with zero attached hydrogens (tertiary/aromatic N) is 4. The molecule has 0 spiro atoms. The minimum atomic E-state index is 0.133. The number of rotatable bonds is 2. The smallest absolute Gasteiger partial charge is 0.274 e. The number of amides is 1. The van der Waals surface area contributed by atoms with E-state index in [1.807, 2.05) is 0 Å². The van der Waals surface area contributed by atoms with Crippen molar-refractivity contribution < 1.29 is 4.79 Å². The fourth-order valence-electron chi connectivity index (χ4n) is 4.54. The summed E-state index contributed by atoms with van der Waals surface area (Å²) < 4.78 is 5.70. The van der Waals surface area contributed by atoms with Crippen molar-refractivity contribution in [1.82, 2.24) is 14.2 Å². The zero-order valence-corrected chi connectivity index (χ0v) is 15.3. The molecule has 0 saturated carbocycles. The Hall–Kier alpha value is -1.66. The summed E-state index contributed by atoms with van der Waals surface area (Å²) in [5.41, 5.74) is 1.93. The molecule has 5 nitrogen and oxygen atoms in total. The summed E-state index contributed by atoms with van der Waals surface area (Å²) in [5, 5.41) is 1.03. The Morgan fingerprint density at radius 3 is 2.64 bits per heavy atom. The zero-order chi connectivity index (χ0) is 16.8. The van der Waals surface area contributed by atoms with Crippen LogP contribution in [-0.2, 0) is 0 Å². The molecule has 25 heavy (non-hydrogen) atoms. The Kier molecular flexibility index (Phi) is 3.90. The lowest BCUT2D eigenvalue weighted by Gasteiger charge is -2.31. The first-order valence-corrected chi connectivity index (χ1v) is 10.2. The number of carbonyl (C=O) groups excluding carboxylic acids is 1. The van der Waals surface area contributed by atoms with E-state index in [9.17, 15) is 4.79 Å². The number of fused-ring (bicyclic) bond motifs is 5. The molecule has 2 bridgehead atoms. The van der Waals surface area contributed by atoms with E-state index in [0.717, 1.165) is 62.2 Å². The summed E-state index contributed by atoms with van der Waals surface area (Å²) in [4.78, 5) is 20.2. The van der Waals surface area contributed by atoms with Gasteiger partial charge in [0.25, 0.3) is 5.91 Å². The fraction of sp³-hybridized carbons (Fsp3) is 0.579. The molecule has 0 aliphatic carbocycles. The predicted molar refractivity (Wildman–Crippen MR) is 102 cm³/mol. The van der Waals surface area contributed by atoms with Gasteiger partial charge < -0.3 is 14.7 Å². The lowest BCUT2D eigenvalue weighted by molar-refractivity contribution is 0.0682. The highest BCUT2D eigenvalue weighted by Crippen LogP contribution is 2.31. The third kappa shape index (κ3) is 2.72. The summed E-state index contributed by atoms with van der Waals surface area (Å²) in [6.07, 6.45) is 4.76. The van der Waals surface area contributed by atoms with Crippen molar-refractivity contribution in [3.05, 3.63) is 23.9 Å². The van der Waals surface area contributed by atoms with Crippen molar-refractivity contribution in [1.29, 1.82) is 0 Å². The number of hydrogen-bond donors (Lipinski definition) is 0. The Morgan fingerprint density at radius 1 is 1.04 bits per heavy atom. The highest BCUT2D eigenvalue weighted by molar-refractivity contribution is 7.13. The van der Waals surface area contributed by atoms with Crippen molar-refractivity contribution in [3.8, 4) is 0 Å². The van der Waals surface area contributed by atoms with Crippen molar-refractivity contribution in [2.75, 3.05) is 44.2 Å². The van der Waals surface area contributed by atoms with Crippen LogP contribution in [0.25, 0.3) is 10.1 Å². The van der Waals surface area contributed by atoms with Crippen LogP contribution in [0, 0.1) is 0 Å². The number of anilines is 1. The molecule has 1 amide bonds. The topological polar surface area (TPSA) is 39.7 Å². The maximum Gasteiger partial charge on any atom is 0.274 e. The Bertz CT molecular complexity index is 790. The molecule has 4 saturated heterocycles. The molecule has 1 aromatic heterocycles. The zero-order valence-electron chi connectivity index (χ0n) is 14.5. The molecule has 4 aliphatic rings. The minimum absolute atomic E-state index is 0.133. The first kappa shape index (κ1) is 15.6. The largest absolute Gasteiger partial charge is 0.371 e.